The van der Waals surface area contributed by atoms with Gasteiger partial charge in [0.15, 0.2) is 0 Å². The van der Waals surface area contributed by atoms with Crippen LogP contribution in [0.2, 0.25) is 0 Å². The monoisotopic (exact) mass is 424 g/mol. The Kier molecular flexibility index (Phi) is 9.29. The second-order valence-electron chi connectivity index (χ2n) is 9.15. The van der Waals surface area contributed by atoms with Crippen LogP contribution in [-0.4, -0.2) is 24.6 Å². The van der Waals surface area contributed by atoms with Crippen LogP contribution in [0.5, 0.6) is 0 Å². The van der Waals surface area contributed by atoms with E-state index in [9.17, 15) is 9.59 Å². The van der Waals surface area contributed by atoms with E-state index in [4.69, 9.17) is 9.47 Å². The molecule has 0 aliphatic heterocycles. The fourth-order valence-corrected chi connectivity index (χ4v) is 3.43. The maximum atomic E-state index is 12.8. The van der Waals surface area contributed by atoms with Crippen molar-refractivity contribution in [2.24, 2.45) is 17.8 Å². The average Bonchev–Trinajstić information content (AvgIpc) is 2.72. The van der Waals surface area contributed by atoms with Crippen LogP contribution in [0.25, 0.3) is 0 Å². The van der Waals surface area contributed by atoms with E-state index in [2.05, 4.69) is 27.7 Å². The number of ether oxygens (including phenoxy) is 2. The number of hydrogen-bond acceptors (Lipinski definition) is 4. The van der Waals surface area contributed by atoms with Gasteiger partial charge in [-0.1, -0.05) is 63.1 Å². The fraction of sp³-hybridized carbons (Fsp3) is 0.481. The number of esters is 2. The van der Waals surface area contributed by atoms with E-state index in [-0.39, 0.29) is 36.5 Å². The zero-order valence-electron chi connectivity index (χ0n) is 19.7. The zero-order valence-corrected chi connectivity index (χ0v) is 19.7. The highest BCUT2D eigenvalue weighted by atomic mass is 16.6. The Hall–Kier alpha value is -2.62. The maximum Gasteiger partial charge on any atom is 0.338 e. The topological polar surface area (TPSA) is 52.6 Å². The van der Waals surface area contributed by atoms with Crippen LogP contribution in [0.15, 0.2) is 48.5 Å². The van der Waals surface area contributed by atoms with Crippen molar-refractivity contribution in [3.8, 4) is 0 Å². The first-order valence-electron chi connectivity index (χ1n) is 11.2. The summed E-state index contributed by atoms with van der Waals surface area (Å²) < 4.78 is 11.6. The van der Waals surface area contributed by atoms with Gasteiger partial charge in [0.25, 0.3) is 0 Å². The molecule has 2 rings (SSSR count). The van der Waals surface area contributed by atoms with Gasteiger partial charge in [0.2, 0.25) is 0 Å². The van der Waals surface area contributed by atoms with Crippen molar-refractivity contribution < 1.29 is 19.1 Å². The number of carbonyl (C=O) groups excluding carboxylic acids is 2. The maximum absolute atomic E-state index is 12.8. The molecule has 0 bridgehead atoms. The molecule has 2 atom stereocenters. The standard InChI is InChI=1S/C27H36O4/c1-18(2)7-16-25(31-27(29)23-14-10-21(6)11-15-23)24(19(3)4)17-30-26(28)22-12-8-20(5)9-13-22/h8-15,18-19,24-25H,7,16-17H2,1-6H3. The van der Waals surface area contributed by atoms with E-state index in [1.807, 2.05) is 38.1 Å². The summed E-state index contributed by atoms with van der Waals surface area (Å²) in [4.78, 5) is 25.3. The minimum absolute atomic E-state index is 0.0810. The lowest BCUT2D eigenvalue weighted by Crippen LogP contribution is -2.35. The summed E-state index contributed by atoms with van der Waals surface area (Å²) in [6.07, 6.45) is 1.35. The van der Waals surface area contributed by atoms with E-state index in [0.29, 0.717) is 17.0 Å². The lowest BCUT2D eigenvalue weighted by Gasteiger charge is -2.30. The van der Waals surface area contributed by atoms with Crippen molar-refractivity contribution in [1.29, 1.82) is 0 Å². The van der Waals surface area contributed by atoms with Crippen LogP contribution < -0.4 is 0 Å². The molecule has 0 radical (unpaired) electrons. The molecule has 0 heterocycles. The van der Waals surface area contributed by atoms with Crippen LogP contribution in [0.3, 0.4) is 0 Å². The molecular formula is C27H36O4. The second kappa shape index (κ2) is 11.7. The third-order valence-corrected chi connectivity index (χ3v) is 5.60. The first-order chi connectivity index (χ1) is 14.7. The normalized spacial score (nSPS) is 13.2. The molecule has 31 heavy (non-hydrogen) atoms. The summed E-state index contributed by atoms with van der Waals surface area (Å²) in [6.45, 7) is 12.6. The Balaban J connectivity index is 2.12. The number of hydrogen-bond donors (Lipinski definition) is 0. The molecule has 168 valence electrons. The predicted molar refractivity (Wildman–Crippen MR) is 124 cm³/mol. The molecule has 0 saturated carbocycles. The molecule has 2 aromatic carbocycles. The molecule has 0 N–H and O–H groups in total. The molecule has 4 heteroatoms. The Morgan fingerprint density at radius 3 is 1.68 bits per heavy atom. The minimum atomic E-state index is -0.349. The molecule has 0 amide bonds. The van der Waals surface area contributed by atoms with Crippen LogP contribution in [-0.2, 0) is 9.47 Å². The number of carbonyl (C=O) groups is 2. The van der Waals surface area contributed by atoms with E-state index < -0.39 is 0 Å². The first-order valence-corrected chi connectivity index (χ1v) is 11.2. The first kappa shape index (κ1) is 24.6. The van der Waals surface area contributed by atoms with Crippen molar-refractivity contribution in [2.75, 3.05) is 6.61 Å². The Bertz CT molecular complexity index is 835. The highest BCUT2D eigenvalue weighted by Crippen LogP contribution is 2.26. The van der Waals surface area contributed by atoms with E-state index in [1.54, 1.807) is 24.3 Å². The highest BCUT2D eigenvalue weighted by molar-refractivity contribution is 5.90. The molecule has 2 unspecified atom stereocenters. The highest BCUT2D eigenvalue weighted by Gasteiger charge is 2.30. The predicted octanol–water partition coefficient (Wildman–Crippen LogP) is 6.39. The van der Waals surface area contributed by atoms with Crippen molar-refractivity contribution >= 4 is 11.9 Å². The summed E-state index contributed by atoms with van der Waals surface area (Å²) in [6, 6.07) is 14.7. The van der Waals surface area contributed by atoms with E-state index >= 15 is 0 Å². The van der Waals surface area contributed by atoms with E-state index in [0.717, 1.165) is 24.0 Å². The number of aryl methyl sites for hydroxylation is 2. The van der Waals surface area contributed by atoms with Gasteiger partial charge in [-0.25, -0.2) is 9.59 Å². The molecule has 2 aromatic rings. The van der Waals surface area contributed by atoms with Gasteiger partial charge in [-0.05, 0) is 62.8 Å². The minimum Gasteiger partial charge on any atom is -0.462 e. The van der Waals surface area contributed by atoms with Crippen molar-refractivity contribution in [2.45, 2.75) is 60.5 Å². The molecule has 4 nitrogen and oxygen atoms in total. The largest absolute Gasteiger partial charge is 0.462 e. The van der Waals surface area contributed by atoms with Gasteiger partial charge in [-0.15, -0.1) is 0 Å². The van der Waals surface area contributed by atoms with Gasteiger partial charge in [0.1, 0.15) is 6.10 Å². The lowest BCUT2D eigenvalue weighted by atomic mass is 9.87. The molecule has 0 spiro atoms. The molecule has 0 aromatic heterocycles. The van der Waals surface area contributed by atoms with Crippen LogP contribution in [0.1, 0.15) is 72.4 Å². The fourth-order valence-electron chi connectivity index (χ4n) is 3.43. The molecule has 0 aliphatic rings. The van der Waals surface area contributed by atoms with Gasteiger partial charge in [0, 0.05) is 5.92 Å². The van der Waals surface area contributed by atoms with Crippen LogP contribution >= 0.6 is 0 Å². The summed E-state index contributed by atoms with van der Waals surface area (Å²) in [5, 5.41) is 0. The average molecular weight is 425 g/mol. The van der Waals surface area contributed by atoms with Crippen molar-refractivity contribution in [3.63, 3.8) is 0 Å². The van der Waals surface area contributed by atoms with Gasteiger partial charge >= 0.3 is 11.9 Å². The zero-order chi connectivity index (χ0) is 23.0. The van der Waals surface area contributed by atoms with Gasteiger partial charge < -0.3 is 9.47 Å². The number of rotatable bonds is 10. The van der Waals surface area contributed by atoms with Crippen LogP contribution in [0, 0.1) is 31.6 Å². The van der Waals surface area contributed by atoms with E-state index in [1.165, 1.54) is 0 Å². The van der Waals surface area contributed by atoms with Gasteiger partial charge in [-0.3, -0.25) is 0 Å². The quantitative estimate of drug-likeness (QED) is 0.414. The smallest absolute Gasteiger partial charge is 0.338 e. The van der Waals surface area contributed by atoms with Crippen molar-refractivity contribution in [1.82, 2.24) is 0 Å². The van der Waals surface area contributed by atoms with Crippen molar-refractivity contribution in [3.05, 3.63) is 70.8 Å². The summed E-state index contributed by atoms with van der Waals surface area (Å²) in [5.74, 6) is -0.0813. The molecule has 0 saturated heterocycles. The Morgan fingerprint density at radius 2 is 1.23 bits per heavy atom. The second-order valence-corrected chi connectivity index (χ2v) is 9.15. The SMILES string of the molecule is Cc1ccc(C(=O)OCC(C(C)C)C(CCC(C)C)OC(=O)c2ccc(C)cc2)cc1. The summed E-state index contributed by atoms with van der Waals surface area (Å²) in [7, 11) is 0. The van der Waals surface area contributed by atoms with Gasteiger partial charge in [0.05, 0.1) is 17.7 Å². The van der Waals surface area contributed by atoms with Crippen LogP contribution in [0.4, 0.5) is 0 Å². The third kappa shape index (κ3) is 7.86. The molecular weight excluding hydrogens is 388 g/mol. The summed E-state index contributed by atoms with van der Waals surface area (Å²) in [5.41, 5.74) is 3.26. The molecule has 0 aliphatic carbocycles. The molecule has 0 fully saturated rings. The Morgan fingerprint density at radius 1 is 0.742 bits per heavy atom. The summed E-state index contributed by atoms with van der Waals surface area (Å²) >= 11 is 0. The van der Waals surface area contributed by atoms with Gasteiger partial charge in [-0.2, -0.15) is 0 Å². The lowest BCUT2D eigenvalue weighted by molar-refractivity contribution is -0.0192. The Labute approximate surface area is 187 Å². The number of benzene rings is 2. The third-order valence-electron chi connectivity index (χ3n) is 5.60.